The lowest BCUT2D eigenvalue weighted by Gasteiger charge is -2.06. The molecule has 0 aliphatic heterocycles. The molecule has 0 unspecified atom stereocenters. The standard InChI is InChI=1S/C11H9BrN4/c1-16-7-8(6-14-16)15-11-4-2-3-10(12)9(11)5-13/h2-4,6-7,15H,1H3. The lowest BCUT2D eigenvalue weighted by atomic mass is 10.2. The molecule has 0 saturated heterocycles. The van der Waals surface area contributed by atoms with Crippen LogP contribution in [0.1, 0.15) is 5.56 Å². The summed E-state index contributed by atoms with van der Waals surface area (Å²) in [4.78, 5) is 0. The van der Waals surface area contributed by atoms with Crippen LogP contribution in [0.15, 0.2) is 35.1 Å². The minimum atomic E-state index is 0.589. The Hall–Kier alpha value is -1.80. The molecule has 0 atom stereocenters. The third kappa shape index (κ3) is 2.07. The Bertz CT molecular complexity index is 553. The third-order valence-corrected chi connectivity index (χ3v) is 2.77. The first-order valence-corrected chi connectivity index (χ1v) is 5.44. The number of rotatable bonds is 2. The van der Waals surface area contributed by atoms with Gasteiger partial charge in [-0.2, -0.15) is 10.4 Å². The number of aryl methyl sites for hydroxylation is 1. The van der Waals surface area contributed by atoms with E-state index in [2.05, 4.69) is 32.4 Å². The van der Waals surface area contributed by atoms with Crippen LogP contribution in [0, 0.1) is 11.3 Å². The topological polar surface area (TPSA) is 53.6 Å². The smallest absolute Gasteiger partial charge is 0.103 e. The van der Waals surface area contributed by atoms with Gasteiger partial charge in [0.2, 0.25) is 0 Å². The Morgan fingerprint density at radius 2 is 2.31 bits per heavy atom. The number of halogens is 1. The van der Waals surface area contributed by atoms with Gasteiger partial charge in [0, 0.05) is 17.7 Å². The van der Waals surface area contributed by atoms with Crippen molar-refractivity contribution < 1.29 is 0 Å². The molecule has 1 N–H and O–H groups in total. The van der Waals surface area contributed by atoms with Crippen LogP contribution in [0.25, 0.3) is 0 Å². The highest BCUT2D eigenvalue weighted by Gasteiger charge is 2.06. The second-order valence-electron chi connectivity index (χ2n) is 3.30. The summed E-state index contributed by atoms with van der Waals surface area (Å²) in [6, 6.07) is 7.73. The van der Waals surface area contributed by atoms with E-state index >= 15 is 0 Å². The van der Waals surface area contributed by atoms with Crippen molar-refractivity contribution in [2.45, 2.75) is 0 Å². The molecule has 0 amide bonds. The first-order chi connectivity index (χ1) is 7.70. The molecule has 1 aromatic carbocycles. The molecule has 1 heterocycles. The lowest BCUT2D eigenvalue weighted by molar-refractivity contribution is 0.768. The van der Waals surface area contributed by atoms with Crippen molar-refractivity contribution in [2.24, 2.45) is 7.05 Å². The van der Waals surface area contributed by atoms with Crippen LogP contribution in [-0.2, 0) is 7.05 Å². The Labute approximate surface area is 102 Å². The summed E-state index contributed by atoms with van der Waals surface area (Å²) in [5.74, 6) is 0. The van der Waals surface area contributed by atoms with Gasteiger partial charge in [-0.25, -0.2) is 0 Å². The van der Waals surface area contributed by atoms with Crippen LogP contribution >= 0.6 is 15.9 Å². The average Bonchev–Trinajstić information content (AvgIpc) is 2.64. The van der Waals surface area contributed by atoms with Crippen molar-refractivity contribution in [3.63, 3.8) is 0 Å². The van der Waals surface area contributed by atoms with Crippen LogP contribution in [-0.4, -0.2) is 9.78 Å². The number of nitrogens with zero attached hydrogens (tertiary/aromatic N) is 3. The van der Waals surface area contributed by atoms with Gasteiger partial charge in [0.05, 0.1) is 23.1 Å². The van der Waals surface area contributed by atoms with Crippen molar-refractivity contribution in [1.82, 2.24) is 9.78 Å². The molecule has 2 aromatic rings. The number of nitrogens with one attached hydrogen (secondary N) is 1. The highest BCUT2D eigenvalue weighted by molar-refractivity contribution is 9.10. The van der Waals surface area contributed by atoms with E-state index < -0.39 is 0 Å². The molecule has 80 valence electrons. The SMILES string of the molecule is Cn1cc(Nc2cccc(Br)c2C#N)cn1. The van der Waals surface area contributed by atoms with E-state index in [0.717, 1.165) is 15.8 Å². The fraction of sp³-hybridized carbons (Fsp3) is 0.0909. The molecule has 16 heavy (non-hydrogen) atoms. The number of aromatic nitrogens is 2. The Kier molecular flexibility index (Phi) is 2.93. The maximum Gasteiger partial charge on any atom is 0.103 e. The monoisotopic (exact) mass is 276 g/mol. The molecule has 2 rings (SSSR count). The molecule has 1 aromatic heterocycles. The zero-order valence-corrected chi connectivity index (χ0v) is 10.2. The Morgan fingerprint density at radius 1 is 1.50 bits per heavy atom. The van der Waals surface area contributed by atoms with Crippen LogP contribution in [0.2, 0.25) is 0 Å². The molecule has 0 aliphatic carbocycles. The van der Waals surface area contributed by atoms with Gasteiger partial charge in [0.1, 0.15) is 6.07 Å². The first kappa shape index (κ1) is 10.7. The molecular formula is C11H9BrN4. The van der Waals surface area contributed by atoms with E-state index in [9.17, 15) is 0 Å². The summed E-state index contributed by atoms with van der Waals surface area (Å²) in [6.07, 6.45) is 3.56. The summed E-state index contributed by atoms with van der Waals surface area (Å²) in [6.45, 7) is 0. The van der Waals surface area contributed by atoms with Crippen LogP contribution < -0.4 is 5.32 Å². The summed E-state index contributed by atoms with van der Waals surface area (Å²) in [5, 5.41) is 16.2. The molecule has 0 radical (unpaired) electrons. The zero-order chi connectivity index (χ0) is 11.5. The molecule has 0 saturated carbocycles. The van der Waals surface area contributed by atoms with Gasteiger partial charge in [-0.3, -0.25) is 4.68 Å². The highest BCUT2D eigenvalue weighted by atomic mass is 79.9. The van der Waals surface area contributed by atoms with Crippen LogP contribution in [0.3, 0.4) is 0 Å². The van der Waals surface area contributed by atoms with E-state index in [0.29, 0.717) is 5.56 Å². The normalized spacial score (nSPS) is 9.81. The lowest BCUT2D eigenvalue weighted by Crippen LogP contribution is -1.93. The number of nitriles is 1. The number of hydrogen-bond acceptors (Lipinski definition) is 3. The third-order valence-electron chi connectivity index (χ3n) is 2.11. The summed E-state index contributed by atoms with van der Waals surface area (Å²) >= 11 is 3.34. The van der Waals surface area contributed by atoms with Crippen LogP contribution in [0.4, 0.5) is 11.4 Å². The fourth-order valence-corrected chi connectivity index (χ4v) is 1.84. The second kappa shape index (κ2) is 4.37. The number of hydrogen-bond donors (Lipinski definition) is 1. The van der Waals surface area contributed by atoms with Crippen molar-refractivity contribution in [3.05, 3.63) is 40.6 Å². The zero-order valence-electron chi connectivity index (χ0n) is 8.61. The molecule has 5 heteroatoms. The van der Waals surface area contributed by atoms with E-state index in [1.807, 2.05) is 31.4 Å². The predicted molar refractivity (Wildman–Crippen MR) is 65.3 cm³/mol. The van der Waals surface area contributed by atoms with Crippen LogP contribution in [0.5, 0.6) is 0 Å². The molecule has 0 fully saturated rings. The van der Waals surface area contributed by atoms with Gasteiger partial charge in [-0.05, 0) is 28.1 Å². The molecule has 0 spiro atoms. The maximum absolute atomic E-state index is 9.04. The second-order valence-corrected chi connectivity index (χ2v) is 4.16. The minimum Gasteiger partial charge on any atom is -0.352 e. The Morgan fingerprint density at radius 3 is 2.94 bits per heavy atom. The van der Waals surface area contributed by atoms with Gasteiger partial charge < -0.3 is 5.32 Å². The maximum atomic E-state index is 9.04. The average molecular weight is 277 g/mol. The fourth-order valence-electron chi connectivity index (χ4n) is 1.38. The number of anilines is 2. The predicted octanol–water partition coefficient (Wildman–Crippen LogP) is 2.80. The van der Waals surface area contributed by atoms with Gasteiger partial charge in [-0.15, -0.1) is 0 Å². The highest BCUT2D eigenvalue weighted by Crippen LogP contribution is 2.26. The first-order valence-electron chi connectivity index (χ1n) is 4.65. The minimum absolute atomic E-state index is 0.589. The van der Waals surface area contributed by atoms with Gasteiger partial charge in [-0.1, -0.05) is 6.07 Å². The van der Waals surface area contributed by atoms with Gasteiger partial charge in [0.25, 0.3) is 0 Å². The van der Waals surface area contributed by atoms with E-state index in [-0.39, 0.29) is 0 Å². The van der Waals surface area contributed by atoms with E-state index in [1.165, 1.54) is 0 Å². The van der Waals surface area contributed by atoms with Gasteiger partial charge >= 0.3 is 0 Å². The largest absolute Gasteiger partial charge is 0.352 e. The summed E-state index contributed by atoms with van der Waals surface area (Å²) in [7, 11) is 1.84. The van der Waals surface area contributed by atoms with E-state index in [4.69, 9.17) is 5.26 Å². The summed E-state index contributed by atoms with van der Waals surface area (Å²) < 4.78 is 2.48. The molecule has 0 aliphatic rings. The van der Waals surface area contributed by atoms with Crippen molar-refractivity contribution in [3.8, 4) is 6.07 Å². The quantitative estimate of drug-likeness (QED) is 0.918. The van der Waals surface area contributed by atoms with Gasteiger partial charge in [0.15, 0.2) is 0 Å². The summed E-state index contributed by atoms with van der Waals surface area (Å²) in [5.41, 5.74) is 2.22. The Balaban J connectivity index is 2.35. The van der Waals surface area contributed by atoms with E-state index in [1.54, 1.807) is 10.9 Å². The molecular weight excluding hydrogens is 268 g/mol. The van der Waals surface area contributed by atoms with Crippen molar-refractivity contribution >= 4 is 27.3 Å². The van der Waals surface area contributed by atoms with Crippen molar-refractivity contribution in [1.29, 1.82) is 5.26 Å². The van der Waals surface area contributed by atoms with Crippen molar-refractivity contribution in [2.75, 3.05) is 5.32 Å². The molecule has 4 nitrogen and oxygen atoms in total. The number of benzene rings is 1. The molecule has 0 bridgehead atoms.